The maximum absolute atomic E-state index is 12.6. The molecule has 1 aliphatic rings. The first-order valence-electron chi connectivity index (χ1n) is 7.57. The lowest BCUT2D eigenvalue weighted by molar-refractivity contribution is 0.0747. The van der Waals surface area contributed by atoms with E-state index in [0.29, 0.717) is 32.3 Å². The van der Waals surface area contributed by atoms with Gasteiger partial charge in [0.15, 0.2) is 5.13 Å². The van der Waals surface area contributed by atoms with Gasteiger partial charge in [0.1, 0.15) is 9.85 Å². The first-order chi connectivity index (χ1) is 12.0. The predicted molar refractivity (Wildman–Crippen MR) is 107 cm³/mol. The monoisotopic (exact) mass is 431 g/mol. The highest BCUT2D eigenvalue weighted by atomic mass is 35.5. The summed E-state index contributed by atoms with van der Waals surface area (Å²) in [6, 6.07) is 7.43. The number of fused-ring (bicyclic) bond motifs is 1. The van der Waals surface area contributed by atoms with Gasteiger partial charge in [-0.05, 0) is 18.2 Å². The molecule has 0 N–H and O–H groups in total. The summed E-state index contributed by atoms with van der Waals surface area (Å²) < 4.78 is 2.04. The van der Waals surface area contributed by atoms with Crippen LogP contribution in [0.3, 0.4) is 0 Å². The minimum Gasteiger partial charge on any atom is -0.345 e. The summed E-state index contributed by atoms with van der Waals surface area (Å²) in [5.74, 6) is -0.0693. The largest absolute Gasteiger partial charge is 0.345 e. The summed E-state index contributed by atoms with van der Waals surface area (Å²) in [6.45, 7) is 2.68. The van der Waals surface area contributed by atoms with Gasteiger partial charge in [0.05, 0.1) is 19.6 Å². The number of nitrogens with zero attached hydrogens (tertiary/aromatic N) is 3. The quantitative estimate of drug-likeness (QED) is 0.553. The summed E-state index contributed by atoms with van der Waals surface area (Å²) in [6.07, 6.45) is 0. The molecule has 130 valence electrons. The number of carbonyl (C=O) groups is 1. The molecule has 1 fully saturated rings. The Hall–Kier alpha value is -1.05. The molecule has 2 aromatic heterocycles. The number of rotatable bonds is 2. The van der Waals surface area contributed by atoms with E-state index in [1.165, 1.54) is 11.3 Å². The highest BCUT2D eigenvalue weighted by Gasteiger charge is 2.26. The fourth-order valence-corrected chi connectivity index (χ4v) is 5.56. The van der Waals surface area contributed by atoms with Gasteiger partial charge in [-0.15, -0.1) is 11.3 Å². The summed E-state index contributed by atoms with van der Waals surface area (Å²) in [4.78, 5) is 21.3. The average Bonchev–Trinajstić information content (AvgIpc) is 3.18. The zero-order valence-electron chi connectivity index (χ0n) is 12.8. The van der Waals surface area contributed by atoms with Gasteiger partial charge in [-0.1, -0.05) is 52.2 Å². The molecule has 4 rings (SSSR count). The van der Waals surface area contributed by atoms with E-state index in [9.17, 15) is 4.79 Å². The fourth-order valence-electron chi connectivity index (χ4n) is 2.80. The van der Waals surface area contributed by atoms with Crippen molar-refractivity contribution < 1.29 is 4.79 Å². The molecule has 0 unspecified atom stereocenters. The molecule has 3 heterocycles. The first-order valence-corrected chi connectivity index (χ1v) is 10.3. The van der Waals surface area contributed by atoms with Crippen LogP contribution >= 0.6 is 57.5 Å². The van der Waals surface area contributed by atoms with Crippen LogP contribution in [0.25, 0.3) is 10.2 Å². The van der Waals surface area contributed by atoms with Crippen molar-refractivity contribution in [3.8, 4) is 0 Å². The van der Waals surface area contributed by atoms with E-state index in [4.69, 9.17) is 34.8 Å². The maximum atomic E-state index is 12.6. The Balaban J connectivity index is 1.48. The van der Waals surface area contributed by atoms with E-state index in [-0.39, 0.29) is 5.91 Å². The first kappa shape index (κ1) is 17.4. The number of amides is 1. The lowest BCUT2D eigenvalue weighted by atomic mass is 10.2. The van der Waals surface area contributed by atoms with E-state index in [1.807, 2.05) is 18.2 Å². The van der Waals surface area contributed by atoms with Crippen LogP contribution in [0.2, 0.25) is 13.7 Å². The molecule has 9 heteroatoms. The molecule has 1 amide bonds. The molecule has 3 aromatic rings. The second-order valence-electron chi connectivity index (χ2n) is 5.60. The zero-order valence-corrected chi connectivity index (χ0v) is 16.7. The lowest BCUT2D eigenvalue weighted by Crippen LogP contribution is -2.48. The summed E-state index contributed by atoms with van der Waals surface area (Å²) in [5.41, 5.74) is 1.32. The smallest absolute Gasteiger partial charge is 0.256 e. The van der Waals surface area contributed by atoms with E-state index in [2.05, 4.69) is 9.88 Å². The molecule has 0 radical (unpaired) electrons. The number of aromatic nitrogens is 1. The van der Waals surface area contributed by atoms with Crippen molar-refractivity contribution in [3.05, 3.63) is 43.5 Å². The Labute approximate surface area is 167 Å². The van der Waals surface area contributed by atoms with Crippen molar-refractivity contribution in [2.24, 2.45) is 0 Å². The van der Waals surface area contributed by atoms with Crippen LogP contribution in [-0.2, 0) is 0 Å². The van der Waals surface area contributed by atoms with Crippen LogP contribution in [0.4, 0.5) is 5.13 Å². The van der Waals surface area contributed by atoms with Crippen molar-refractivity contribution in [2.75, 3.05) is 31.1 Å². The van der Waals surface area contributed by atoms with Crippen LogP contribution < -0.4 is 4.90 Å². The zero-order chi connectivity index (χ0) is 17.6. The van der Waals surface area contributed by atoms with Gasteiger partial charge in [0, 0.05) is 26.2 Å². The molecule has 4 nitrogen and oxygen atoms in total. The molecule has 25 heavy (non-hydrogen) atoms. The SMILES string of the molecule is O=C(c1cc(Cl)sc1Cl)N1CCN(c2nc3c(Cl)cccc3s2)CC1. The topological polar surface area (TPSA) is 36.4 Å². The molecule has 0 saturated carbocycles. The third-order valence-electron chi connectivity index (χ3n) is 4.08. The van der Waals surface area contributed by atoms with E-state index in [0.717, 1.165) is 28.4 Å². The third kappa shape index (κ3) is 3.34. The number of halogens is 3. The Morgan fingerprint density at radius 1 is 1.08 bits per heavy atom. The molecular formula is C16H12Cl3N3OS2. The summed E-state index contributed by atoms with van der Waals surface area (Å²) >= 11 is 21.1. The predicted octanol–water partition coefficient (Wildman–Crippen LogP) is 5.28. The van der Waals surface area contributed by atoms with Crippen molar-refractivity contribution >= 4 is 78.7 Å². The second kappa shape index (κ2) is 6.93. The number of piperazine rings is 1. The van der Waals surface area contributed by atoms with Crippen LogP contribution in [0.5, 0.6) is 0 Å². The third-order valence-corrected chi connectivity index (χ3v) is 6.96. The molecule has 1 aliphatic heterocycles. The van der Waals surface area contributed by atoms with E-state index < -0.39 is 0 Å². The van der Waals surface area contributed by atoms with E-state index in [1.54, 1.807) is 22.3 Å². The fraction of sp³-hybridized carbons (Fsp3) is 0.250. The Kier molecular flexibility index (Phi) is 4.81. The van der Waals surface area contributed by atoms with Gasteiger partial charge < -0.3 is 9.80 Å². The standard InChI is InChI=1S/C16H12Cl3N3OS2/c17-10-2-1-3-11-13(10)20-16(24-11)22-6-4-21(5-7-22)15(23)9-8-12(18)25-14(9)19/h1-3,8H,4-7H2. The van der Waals surface area contributed by atoms with Gasteiger partial charge in [0.25, 0.3) is 5.91 Å². The number of hydrogen-bond acceptors (Lipinski definition) is 5. The minimum atomic E-state index is -0.0693. The molecule has 0 atom stereocenters. The maximum Gasteiger partial charge on any atom is 0.256 e. The molecule has 1 aromatic carbocycles. The van der Waals surface area contributed by atoms with Crippen molar-refractivity contribution in [2.45, 2.75) is 0 Å². The highest BCUT2D eigenvalue weighted by molar-refractivity contribution is 7.22. The number of benzene rings is 1. The van der Waals surface area contributed by atoms with Crippen molar-refractivity contribution in [1.82, 2.24) is 9.88 Å². The minimum absolute atomic E-state index is 0.0693. The number of anilines is 1. The summed E-state index contributed by atoms with van der Waals surface area (Å²) in [7, 11) is 0. The van der Waals surface area contributed by atoms with Crippen LogP contribution in [0.15, 0.2) is 24.3 Å². The number of carbonyl (C=O) groups excluding carboxylic acids is 1. The molecule has 1 saturated heterocycles. The molecular weight excluding hydrogens is 421 g/mol. The van der Waals surface area contributed by atoms with Gasteiger partial charge in [-0.2, -0.15) is 0 Å². The van der Waals surface area contributed by atoms with Gasteiger partial charge >= 0.3 is 0 Å². The second-order valence-corrected chi connectivity index (χ2v) is 9.30. The molecule has 0 aliphatic carbocycles. The van der Waals surface area contributed by atoms with Crippen LogP contribution in [0, 0.1) is 0 Å². The molecule has 0 spiro atoms. The average molecular weight is 433 g/mol. The van der Waals surface area contributed by atoms with Gasteiger partial charge in [-0.25, -0.2) is 4.98 Å². The lowest BCUT2D eigenvalue weighted by Gasteiger charge is -2.34. The van der Waals surface area contributed by atoms with Crippen LogP contribution in [-0.4, -0.2) is 42.0 Å². The Bertz CT molecular complexity index is 947. The normalized spacial score (nSPS) is 15.2. The van der Waals surface area contributed by atoms with E-state index >= 15 is 0 Å². The number of para-hydroxylation sites is 1. The van der Waals surface area contributed by atoms with Gasteiger partial charge in [-0.3, -0.25) is 4.79 Å². The number of hydrogen-bond donors (Lipinski definition) is 0. The summed E-state index contributed by atoms with van der Waals surface area (Å²) in [5, 5.41) is 1.60. The highest BCUT2D eigenvalue weighted by Crippen LogP contribution is 2.34. The molecule has 0 bridgehead atoms. The Morgan fingerprint density at radius 2 is 1.84 bits per heavy atom. The van der Waals surface area contributed by atoms with Gasteiger partial charge in [0.2, 0.25) is 0 Å². The van der Waals surface area contributed by atoms with Crippen LogP contribution in [0.1, 0.15) is 10.4 Å². The Morgan fingerprint density at radius 3 is 2.48 bits per heavy atom. The number of thiazole rings is 1. The van der Waals surface area contributed by atoms with Crippen molar-refractivity contribution in [3.63, 3.8) is 0 Å². The number of thiophene rings is 1. The van der Waals surface area contributed by atoms with Crippen molar-refractivity contribution in [1.29, 1.82) is 0 Å².